The van der Waals surface area contributed by atoms with E-state index in [4.69, 9.17) is 5.73 Å². The van der Waals surface area contributed by atoms with Gasteiger partial charge in [-0.1, -0.05) is 42.1 Å². The van der Waals surface area contributed by atoms with Gasteiger partial charge in [-0.15, -0.1) is 10.2 Å². The summed E-state index contributed by atoms with van der Waals surface area (Å²) < 4.78 is 0. The van der Waals surface area contributed by atoms with Crippen molar-refractivity contribution in [2.75, 3.05) is 5.75 Å². The van der Waals surface area contributed by atoms with E-state index in [1.165, 1.54) is 11.8 Å². The van der Waals surface area contributed by atoms with Gasteiger partial charge in [0.25, 0.3) is 0 Å². The lowest BCUT2D eigenvalue weighted by Gasteiger charge is -2.01. The lowest BCUT2D eigenvalue weighted by Crippen LogP contribution is -2.13. The molecule has 1 heterocycles. The van der Waals surface area contributed by atoms with Gasteiger partial charge in [0, 0.05) is 5.56 Å². The number of aromatic nitrogens is 2. The molecule has 0 bridgehead atoms. The Morgan fingerprint density at radius 3 is 2.47 bits per heavy atom. The van der Waals surface area contributed by atoms with Crippen molar-refractivity contribution < 1.29 is 4.79 Å². The number of rotatable bonds is 4. The Hall–Kier alpha value is -1.88. The van der Waals surface area contributed by atoms with Crippen LogP contribution in [-0.4, -0.2) is 21.9 Å². The number of primary amides is 1. The van der Waals surface area contributed by atoms with Crippen molar-refractivity contribution in [3.8, 4) is 11.3 Å². The Morgan fingerprint density at radius 2 is 1.88 bits per heavy atom. The van der Waals surface area contributed by atoms with Gasteiger partial charge in [0.1, 0.15) is 5.03 Å². The quantitative estimate of drug-likeness (QED) is 0.833. The molecule has 2 aromatic rings. The topological polar surface area (TPSA) is 68.9 Å². The summed E-state index contributed by atoms with van der Waals surface area (Å²) in [5, 5.41) is 8.83. The van der Waals surface area contributed by atoms with Gasteiger partial charge in [-0.25, -0.2) is 0 Å². The van der Waals surface area contributed by atoms with Crippen molar-refractivity contribution in [2.45, 2.75) is 5.03 Å². The first-order valence-electron chi connectivity index (χ1n) is 5.06. The van der Waals surface area contributed by atoms with Gasteiger partial charge in [-0.05, 0) is 12.1 Å². The molecular weight excluding hydrogens is 234 g/mol. The van der Waals surface area contributed by atoms with Gasteiger partial charge in [0.05, 0.1) is 11.4 Å². The van der Waals surface area contributed by atoms with E-state index in [9.17, 15) is 4.79 Å². The van der Waals surface area contributed by atoms with Gasteiger partial charge in [0.2, 0.25) is 5.91 Å². The lowest BCUT2D eigenvalue weighted by atomic mass is 10.1. The first kappa shape index (κ1) is 11.6. The standard InChI is InChI=1S/C12H11N3OS/c13-11(16)8-17-12-7-6-10(14-15-12)9-4-2-1-3-5-9/h1-7H,8H2,(H2,13,16). The molecule has 2 rings (SSSR count). The van der Waals surface area contributed by atoms with Gasteiger partial charge < -0.3 is 5.73 Å². The number of nitrogens with two attached hydrogens (primary N) is 1. The summed E-state index contributed by atoms with van der Waals surface area (Å²) >= 11 is 1.28. The summed E-state index contributed by atoms with van der Waals surface area (Å²) in [6.07, 6.45) is 0. The fraction of sp³-hybridized carbons (Fsp3) is 0.0833. The molecule has 0 aliphatic rings. The Morgan fingerprint density at radius 1 is 1.12 bits per heavy atom. The SMILES string of the molecule is NC(=O)CSc1ccc(-c2ccccc2)nn1. The van der Waals surface area contributed by atoms with Crippen LogP contribution in [0, 0.1) is 0 Å². The molecule has 2 N–H and O–H groups in total. The summed E-state index contributed by atoms with van der Waals surface area (Å²) in [5.41, 5.74) is 6.89. The van der Waals surface area contributed by atoms with E-state index in [0.717, 1.165) is 11.3 Å². The molecule has 5 heteroatoms. The van der Waals surface area contributed by atoms with Crippen LogP contribution >= 0.6 is 11.8 Å². The van der Waals surface area contributed by atoms with Crippen molar-refractivity contribution in [1.82, 2.24) is 10.2 Å². The number of hydrogen-bond donors (Lipinski definition) is 1. The monoisotopic (exact) mass is 245 g/mol. The van der Waals surface area contributed by atoms with Crippen molar-refractivity contribution in [3.63, 3.8) is 0 Å². The maximum atomic E-state index is 10.6. The van der Waals surface area contributed by atoms with Gasteiger partial charge in [0.15, 0.2) is 0 Å². The highest BCUT2D eigenvalue weighted by Crippen LogP contribution is 2.18. The zero-order valence-electron chi connectivity index (χ0n) is 9.04. The van der Waals surface area contributed by atoms with Crippen molar-refractivity contribution >= 4 is 17.7 Å². The zero-order valence-corrected chi connectivity index (χ0v) is 9.85. The van der Waals surface area contributed by atoms with E-state index < -0.39 is 0 Å². The molecule has 0 fully saturated rings. The number of thioether (sulfide) groups is 1. The van der Waals surface area contributed by atoms with E-state index in [1.807, 2.05) is 42.5 Å². The second-order valence-electron chi connectivity index (χ2n) is 3.38. The highest BCUT2D eigenvalue weighted by Gasteiger charge is 2.02. The number of benzene rings is 1. The minimum absolute atomic E-state index is 0.222. The highest BCUT2D eigenvalue weighted by molar-refractivity contribution is 7.99. The van der Waals surface area contributed by atoms with Gasteiger partial charge in [-0.2, -0.15) is 0 Å². The molecule has 4 nitrogen and oxygen atoms in total. The van der Waals surface area contributed by atoms with Crippen LogP contribution in [-0.2, 0) is 4.79 Å². The number of carbonyl (C=O) groups is 1. The van der Waals surface area contributed by atoms with E-state index in [0.29, 0.717) is 5.03 Å². The molecule has 0 spiro atoms. The average Bonchev–Trinajstić information content (AvgIpc) is 2.38. The van der Waals surface area contributed by atoms with Crippen LogP contribution in [0.15, 0.2) is 47.5 Å². The smallest absolute Gasteiger partial charge is 0.227 e. The molecule has 0 aliphatic carbocycles. The molecule has 17 heavy (non-hydrogen) atoms. The normalized spacial score (nSPS) is 10.1. The maximum absolute atomic E-state index is 10.6. The van der Waals surface area contributed by atoms with E-state index in [2.05, 4.69) is 10.2 Å². The predicted octanol–water partition coefficient (Wildman–Crippen LogP) is 1.72. The number of amides is 1. The minimum atomic E-state index is -0.357. The third-order valence-electron chi connectivity index (χ3n) is 2.07. The molecule has 0 radical (unpaired) electrons. The summed E-state index contributed by atoms with van der Waals surface area (Å²) in [4.78, 5) is 10.6. The molecule has 1 aromatic carbocycles. The highest BCUT2D eigenvalue weighted by atomic mass is 32.2. The molecular formula is C12H11N3OS. The van der Waals surface area contributed by atoms with Crippen LogP contribution in [0.2, 0.25) is 0 Å². The first-order valence-corrected chi connectivity index (χ1v) is 6.04. The fourth-order valence-electron chi connectivity index (χ4n) is 1.30. The largest absolute Gasteiger partial charge is 0.369 e. The maximum Gasteiger partial charge on any atom is 0.227 e. The third kappa shape index (κ3) is 3.29. The van der Waals surface area contributed by atoms with E-state index >= 15 is 0 Å². The van der Waals surface area contributed by atoms with Crippen LogP contribution < -0.4 is 5.73 Å². The van der Waals surface area contributed by atoms with Crippen LogP contribution in [0.4, 0.5) is 0 Å². The van der Waals surface area contributed by atoms with Gasteiger partial charge in [-0.3, -0.25) is 4.79 Å². The van der Waals surface area contributed by atoms with Gasteiger partial charge >= 0.3 is 0 Å². The van der Waals surface area contributed by atoms with E-state index in [1.54, 1.807) is 0 Å². The number of carbonyl (C=O) groups excluding carboxylic acids is 1. The van der Waals surface area contributed by atoms with Crippen LogP contribution in [0.5, 0.6) is 0 Å². The molecule has 1 amide bonds. The molecule has 0 saturated heterocycles. The Labute approximate surface area is 103 Å². The fourth-order valence-corrected chi connectivity index (χ4v) is 1.86. The van der Waals surface area contributed by atoms with Crippen LogP contribution in [0.25, 0.3) is 11.3 Å². The Balaban J connectivity index is 2.11. The van der Waals surface area contributed by atoms with Crippen molar-refractivity contribution in [3.05, 3.63) is 42.5 Å². The van der Waals surface area contributed by atoms with Crippen LogP contribution in [0.1, 0.15) is 0 Å². The molecule has 0 saturated carbocycles. The zero-order chi connectivity index (χ0) is 12.1. The third-order valence-corrected chi connectivity index (χ3v) is 3.01. The lowest BCUT2D eigenvalue weighted by molar-refractivity contribution is -0.115. The Bertz CT molecular complexity index is 499. The average molecular weight is 245 g/mol. The molecule has 86 valence electrons. The first-order chi connectivity index (χ1) is 8.25. The van der Waals surface area contributed by atoms with Crippen LogP contribution in [0.3, 0.4) is 0 Å². The molecule has 0 atom stereocenters. The number of nitrogens with zero attached hydrogens (tertiary/aromatic N) is 2. The summed E-state index contributed by atoms with van der Waals surface area (Å²) in [6.45, 7) is 0. The summed E-state index contributed by atoms with van der Waals surface area (Å²) in [7, 11) is 0. The summed E-state index contributed by atoms with van der Waals surface area (Å²) in [6, 6.07) is 13.5. The second-order valence-corrected chi connectivity index (χ2v) is 4.37. The van der Waals surface area contributed by atoms with E-state index in [-0.39, 0.29) is 11.7 Å². The predicted molar refractivity (Wildman–Crippen MR) is 67.4 cm³/mol. The Kier molecular flexibility index (Phi) is 3.72. The van der Waals surface area contributed by atoms with Crippen molar-refractivity contribution in [1.29, 1.82) is 0 Å². The van der Waals surface area contributed by atoms with Crippen molar-refractivity contribution in [2.24, 2.45) is 5.73 Å². The molecule has 0 aliphatic heterocycles. The summed E-state index contributed by atoms with van der Waals surface area (Å²) in [5.74, 6) is -0.136. The minimum Gasteiger partial charge on any atom is -0.369 e. The second kappa shape index (κ2) is 5.45. The molecule has 0 unspecified atom stereocenters. The number of hydrogen-bond acceptors (Lipinski definition) is 4. The molecule has 1 aromatic heterocycles.